The fourth-order valence-corrected chi connectivity index (χ4v) is 1.41. The van der Waals surface area contributed by atoms with Crippen LogP contribution in [0, 0.1) is 6.92 Å². The highest BCUT2D eigenvalue weighted by Gasteiger charge is 2.09. The van der Waals surface area contributed by atoms with Crippen LogP contribution < -0.4 is 15.5 Å². The zero-order valence-electron chi connectivity index (χ0n) is 10.7. The van der Waals surface area contributed by atoms with Crippen LogP contribution in [0.15, 0.2) is 6.07 Å². The van der Waals surface area contributed by atoms with E-state index in [0.29, 0.717) is 12.5 Å². The Bertz CT molecular complexity index is 393. The summed E-state index contributed by atoms with van der Waals surface area (Å²) in [6.45, 7) is 4.71. The van der Waals surface area contributed by atoms with Gasteiger partial charge in [-0.1, -0.05) is 0 Å². The molecule has 0 aliphatic carbocycles. The summed E-state index contributed by atoms with van der Waals surface area (Å²) in [4.78, 5) is 21.7. The minimum absolute atomic E-state index is 0.0164. The van der Waals surface area contributed by atoms with Gasteiger partial charge in [-0.25, -0.2) is 4.98 Å². The topological polar surface area (TPSA) is 70.2 Å². The van der Waals surface area contributed by atoms with Gasteiger partial charge < -0.3 is 15.5 Å². The molecule has 1 aromatic rings. The van der Waals surface area contributed by atoms with Crippen molar-refractivity contribution in [2.24, 2.45) is 0 Å². The summed E-state index contributed by atoms with van der Waals surface area (Å²) in [7, 11) is 3.60. The highest BCUT2D eigenvalue weighted by molar-refractivity contribution is 5.80. The van der Waals surface area contributed by atoms with Crippen molar-refractivity contribution in [3.05, 3.63) is 11.8 Å². The lowest BCUT2D eigenvalue weighted by molar-refractivity contribution is -0.119. The molecule has 6 heteroatoms. The fraction of sp³-hybridized carbons (Fsp3) is 0.545. The normalized spacial score (nSPS) is 9.88. The highest BCUT2D eigenvalue weighted by Crippen LogP contribution is 2.12. The van der Waals surface area contributed by atoms with Crippen LogP contribution in [0.2, 0.25) is 0 Å². The number of nitrogens with zero attached hydrogens (tertiary/aromatic N) is 3. The van der Waals surface area contributed by atoms with Crippen LogP contribution in [0.1, 0.15) is 12.6 Å². The van der Waals surface area contributed by atoms with Crippen LogP contribution in [0.4, 0.5) is 11.8 Å². The third-order valence-electron chi connectivity index (χ3n) is 2.21. The second-order valence-electron chi connectivity index (χ2n) is 3.75. The number of aryl methyl sites for hydroxylation is 1. The largest absolute Gasteiger partial charge is 0.357 e. The van der Waals surface area contributed by atoms with Crippen molar-refractivity contribution in [1.29, 1.82) is 0 Å². The maximum atomic E-state index is 11.5. The number of likely N-dealkylation sites (N-methyl/N-ethyl adjacent to an activating group) is 2. The van der Waals surface area contributed by atoms with Crippen LogP contribution in [0.25, 0.3) is 0 Å². The molecular formula is C11H19N5O. The summed E-state index contributed by atoms with van der Waals surface area (Å²) in [5.41, 5.74) is 0.863. The molecule has 0 unspecified atom stereocenters. The fourth-order valence-electron chi connectivity index (χ4n) is 1.41. The number of aromatic nitrogens is 2. The molecule has 0 saturated carbocycles. The van der Waals surface area contributed by atoms with Gasteiger partial charge in [0.05, 0.1) is 6.54 Å². The van der Waals surface area contributed by atoms with Crippen LogP contribution in [-0.2, 0) is 4.79 Å². The van der Waals surface area contributed by atoms with Gasteiger partial charge in [-0.2, -0.15) is 4.98 Å². The van der Waals surface area contributed by atoms with Crippen molar-refractivity contribution in [3.63, 3.8) is 0 Å². The highest BCUT2D eigenvalue weighted by atomic mass is 16.2. The van der Waals surface area contributed by atoms with Gasteiger partial charge >= 0.3 is 0 Å². The number of nitrogens with one attached hydrogen (secondary N) is 2. The van der Waals surface area contributed by atoms with E-state index in [1.54, 1.807) is 11.9 Å². The van der Waals surface area contributed by atoms with Gasteiger partial charge in [-0.05, 0) is 13.8 Å². The number of carbonyl (C=O) groups is 1. The predicted molar refractivity (Wildman–Crippen MR) is 68.3 cm³/mol. The van der Waals surface area contributed by atoms with Gasteiger partial charge in [0.2, 0.25) is 11.9 Å². The van der Waals surface area contributed by atoms with Gasteiger partial charge in [0, 0.05) is 32.4 Å². The Balaban J connectivity index is 2.77. The molecule has 1 heterocycles. The Morgan fingerprint density at radius 3 is 2.76 bits per heavy atom. The molecule has 1 aromatic heterocycles. The summed E-state index contributed by atoms with van der Waals surface area (Å²) >= 11 is 0. The van der Waals surface area contributed by atoms with Crippen LogP contribution in [0.3, 0.4) is 0 Å². The van der Waals surface area contributed by atoms with Crippen LogP contribution in [-0.4, -0.2) is 43.1 Å². The van der Waals surface area contributed by atoms with Crippen molar-refractivity contribution >= 4 is 17.7 Å². The first-order valence-corrected chi connectivity index (χ1v) is 5.58. The van der Waals surface area contributed by atoms with E-state index in [-0.39, 0.29) is 12.5 Å². The zero-order chi connectivity index (χ0) is 12.8. The molecule has 1 amide bonds. The lowest BCUT2D eigenvalue weighted by atomic mass is 10.4. The number of anilines is 2. The SMILES string of the molecule is CCNC(=O)CN(C)c1cc(C)nc(NC)n1. The molecule has 0 atom stereocenters. The first-order chi connectivity index (χ1) is 8.06. The summed E-state index contributed by atoms with van der Waals surface area (Å²) < 4.78 is 0. The van der Waals surface area contributed by atoms with E-state index in [4.69, 9.17) is 0 Å². The molecular weight excluding hydrogens is 218 g/mol. The molecule has 0 bridgehead atoms. The smallest absolute Gasteiger partial charge is 0.239 e. The summed E-state index contributed by atoms with van der Waals surface area (Å²) in [6, 6.07) is 1.85. The number of hydrogen-bond acceptors (Lipinski definition) is 5. The van der Waals surface area contributed by atoms with Gasteiger partial charge in [-0.15, -0.1) is 0 Å². The standard InChI is InChI=1S/C11H19N5O/c1-5-13-10(17)7-16(4)9-6-8(2)14-11(12-3)15-9/h6H,5,7H2,1-4H3,(H,13,17)(H,12,14,15). The van der Waals surface area contributed by atoms with Gasteiger partial charge in [0.15, 0.2) is 0 Å². The van der Waals surface area contributed by atoms with E-state index in [0.717, 1.165) is 11.5 Å². The minimum Gasteiger partial charge on any atom is -0.357 e. The second kappa shape index (κ2) is 6.03. The van der Waals surface area contributed by atoms with Crippen molar-refractivity contribution in [1.82, 2.24) is 15.3 Å². The molecule has 6 nitrogen and oxygen atoms in total. The molecule has 0 spiro atoms. The van der Waals surface area contributed by atoms with Gasteiger partial charge in [0.1, 0.15) is 5.82 Å². The quantitative estimate of drug-likeness (QED) is 0.775. The molecule has 0 aromatic carbocycles. The average Bonchev–Trinajstić information content (AvgIpc) is 2.28. The summed E-state index contributed by atoms with van der Waals surface area (Å²) in [5.74, 6) is 1.27. The van der Waals surface area contributed by atoms with Crippen molar-refractivity contribution in [2.75, 3.05) is 37.4 Å². The maximum absolute atomic E-state index is 11.5. The summed E-state index contributed by atoms with van der Waals surface area (Å²) in [5, 5.41) is 5.64. The van der Waals surface area contributed by atoms with Crippen LogP contribution in [0.5, 0.6) is 0 Å². The third-order valence-corrected chi connectivity index (χ3v) is 2.21. The Morgan fingerprint density at radius 2 is 2.18 bits per heavy atom. The van der Waals surface area contributed by atoms with E-state index in [9.17, 15) is 4.79 Å². The lowest BCUT2D eigenvalue weighted by Crippen LogP contribution is -2.35. The first-order valence-electron chi connectivity index (χ1n) is 5.58. The van der Waals surface area contributed by atoms with E-state index in [2.05, 4.69) is 20.6 Å². The Labute approximate surface area is 101 Å². The molecule has 0 fully saturated rings. The number of carbonyl (C=O) groups excluding carboxylic acids is 1. The lowest BCUT2D eigenvalue weighted by Gasteiger charge is -2.18. The number of rotatable bonds is 5. The molecule has 2 N–H and O–H groups in total. The van der Waals surface area contributed by atoms with Crippen molar-refractivity contribution in [2.45, 2.75) is 13.8 Å². The average molecular weight is 237 g/mol. The predicted octanol–water partition coefficient (Wildman–Crippen LogP) is 0.399. The van der Waals surface area contributed by atoms with Gasteiger partial charge in [0.25, 0.3) is 0 Å². The third kappa shape index (κ3) is 3.90. The van der Waals surface area contributed by atoms with E-state index >= 15 is 0 Å². The molecule has 94 valence electrons. The molecule has 1 rings (SSSR count). The van der Waals surface area contributed by atoms with E-state index in [1.807, 2.05) is 27.0 Å². The Hall–Kier alpha value is -1.85. The zero-order valence-corrected chi connectivity index (χ0v) is 10.7. The molecule has 17 heavy (non-hydrogen) atoms. The second-order valence-corrected chi connectivity index (χ2v) is 3.75. The Kier molecular flexibility index (Phi) is 4.68. The minimum atomic E-state index is -0.0164. The van der Waals surface area contributed by atoms with Crippen molar-refractivity contribution < 1.29 is 4.79 Å². The van der Waals surface area contributed by atoms with Crippen molar-refractivity contribution in [3.8, 4) is 0 Å². The number of hydrogen-bond donors (Lipinski definition) is 2. The first kappa shape index (κ1) is 13.2. The maximum Gasteiger partial charge on any atom is 0.239 e. The molecule has 0 aliphatic heterocycles. The molecule has 0 radical (unpaired) electrons. The molecule has 0 saturated heterocycles. The summed E-state index contributed by atoms with van der Waals surface area (Å²) in [6.07, 6.45) is 0. The van der Waals surface area contributed by atoms with E-state index in [1.165, 1.54) is 0 Å². The number of amides is 1. The van der Waals surface area contributed by atoms with E-state index < -0.39 is 0 Å². The Morgan fingerprint density at radius 1 is 1.47 bits per heavy atom. The monoisotopic (exact) mass is 237 g/mol. The molecule has 0 aliphatic rings. The van der Waals surface area contributed by atoms with Gasteiger partial charge in [-0.3, -0.25) is 4.79 Å². The van der Waals surface area contributed by atoms with Crippen LogP contribution >= 0.6 is 0 Å².